The minimum absolute atomic E-state index is 0.0779. The standard InChI is InChI=1S/C21H19ClN2O4S/c1-28-19-10-6-8-17(14-19)23-21(25)15-24(18-9-5-7-16(22)13-18)29(26,27)20-11-3-2-4-12-20/h2-14H,15H2,1H3,(H,23,25). The molecule has 3 aromatic carbocycles. The van der Waals surface area contributed by atoms with Crippen molar-refractivity contribution in [2.75, 3.05) is 23.3 Å². The van der Waals surface area contributed by atoms with Gasteiger partial charge in [-0.2, -0.15) is 0 Å². The number of rotatable bonds is 7. The number of hydrogen-bond acceptors (Lipinski definition) is 4. The Kier molecular flexibility index (Phi) is 6.41. The lowest BCUT2D eigenvalue weighted by Gasteiger charge is -2.24. The van der Waals surface area contributed by atoms with E-state index in [1.807, 2.05) is 0 Å². The van der Waals surface area contributed by atoms with Gasteiger partial charge in [0.25, 0.3) is 10.0 Å². The lowest BCUT2D eigenvalue weighted by molar-refractivity contribution is -0.114. The van der Waals surface area contributed by atoms with Crippen LogP contribution in [-0.4, -0.2) is 28.0 Å². The van der Waals surface area contributed by atoms with E-state index >= 15 is 0 Å². The van der Waals surface area contributed by atoms with E-state index in [9.17, 15) is 13.2 Å². The summed E-state index contributed by atoms with van der Waals surface area (Å²) in [6.45, 7) is -0.422. The normalized spacial score (nSPS) is 11.0. The van der Waals surface area contributed by atoms with Crippen molar-refractivity contribution < 1.29 is 17.9 Å². The van der Waals surface area contributed by atoms with Crippen LogP contribution >= 0.6 is 11.6 Å². The quantitative estimate of drug-likeness (QED) is 0.610. The van der Waals surface area contributed by atoms with Gasteiger partial charge in [-0.15, -0.1) is 0 Å². The molecule has 8 heteroatoms. The fourth-order valence-corrected chi connectivity index (χ4v) is 4.32. The lowest BCUT2D eigenvalue weighted by atomic mass is 10.3. The highest BCUT2D eigenvalue weighted by molar-refractivity contribution is 7.92. The molecule has 0 bridgehead atoms. The molecule has 0 atom stereocenters. The molecule has 3 aromatic rings. The number of amides is 1. The third-order valence-electron chi connectivity index (χ3n) is 4.07. The number of ether oxygens (including phenoxy) is 1. The van der Waals surface area contributed by atoms with Gasteiger partial charge in [0.15, 0.2) is 0 Å². The first kappa shape index (κ1) is 20.7. The van der Waals surface area contributed by atoms with Gasteiger partial charge in [0.05, 0.1) is 17.7 Å². The number of anilines is 2. The van der Waals surface area contributed by atoms with Crippen LogP contribution in [0, 0.1) is 0 Å². The van der Waals surface area contributed by atoms with Gasteiger partial charge in [0, 0.05) is 16.8 Å². The third kappa shape index (κ3) is 5.07. The van der Waals surface area contributed by atoms with E-state index in [-0.39, 0.29) is 4.90 Å². The largest absolute Gasteiger partial charge is 0.497 e. The molecule has 0 aliphatic carbocycles. The van der Waals surface area contributed by atoms with Crippen LogP contribution < -0.4 is 14.4 Å². The van der Waals surface area contributed by atoms with Crippen LogP contribution in [0.1, 0.15) is 0 Å². The third-order valence-corrected chi connectivity index (χ3v) is 6.09. The second-order valence-electron chi connectivity index (χ2n) is 6.08. The van der Waals surface area contributed by atoms with Crippen molar-refractivity contribution in [3.05, 3.63) is 83.9 Å². The Morgan fingerprint density at radius 2 is 1.72 bits per heavy atom. The van der Waals surface area contributed by atoms with E-state index in [0.717, 1.165) is 4.31 Å². The summed E-state index contributed by atoms with van der Waals surface area (Å²) < 4.78 is 32.6. The molecule has 3 rings (SSSR count). The van der Waals surface area contributed by atoms with Gasteiger partial charge in [-0.3, -0.25) is 9.10 Å². The van der Waals surface area contributed by atoms with E-state index < -0.39 is 22.5 Å². The molecule has 6 nitrogen and oxygen atoms in total. The summed E-state index contributed by atoms with van der Waals surface area (Å²) in [6.07, 6.45) is 0. The minimum atomic E-state index is -3.98. The second-order valence-corrected chi connectivity index (χ2v) is 8.38. The number of nitrogens with one attached hydrogen (secondary N) is 1. The van der Waals surface area contributed by atoms with Crippen LogP contribution in [-0.2, 0) is 14.8 Å². The summed E-state index contributed by atoms with van der Waals surface area (Å²) in [7, 11) is -2.46. The van der Waals surface area contributed by atoms with Crippen LogP contribution in [0.2, 0.25) is 5.02 Å². The zero-order valence-corrected chi connectivity index (χ0v) is 17.2. The monoisotopic (exact) mass is 430 g/mol. The fraction of sp³-hybridized carbons (Fsp3) is 0.0952. The van der Waals surface area contributed by atoms with Gasteiger partial charge in [0.2, 0.25) is 5.91 Å². The molecule has 29 heavy (non-hydrogen) atoms. The van der Waals surface area contributed by atoms with Crippen molar-refractivity contribution in [2.24, 2.45) is 0 Å². The number of hydrogen-bond donors (Lipinski definition) is 1. The maximum atomic E-state index is 13.2. The van der Waals surface area contributed by atoms with Gasteiger partial charge in [-0.1, -0.05) is 41.9 Å². The van der Waals surface area contributed by atoms with Crippen LogP contribution in [0.3, 0.4) is 0 Å². The van der Waals surface area contributed by atoms with Crippen molar-refractivity contribution in [3.8, 4) is 5.75 Å². The van der Waals surface area contributed by atoms with Gasteiger partial charge in [0.1, 0.15) is 12.3 Å². The summed E-state index contributed by atoms with van der Waals surface area (Å²) >= 11 is 6.05. The maximum Gasteiger partial charge on any atom is 0.264 e. The first-order valence-electron chi connectivity index (χ1n) is 8.67. The maximum absolute atomic E-state index is 13.2. The van der Waals surface area contributed by atoms with E-state index in [2.05, 4.69) is 5.32 Å². The summed E-state index contributed by atoms with van der Waals surface area (Å²) in [5, 5.41) is 3.06. The van der Waals surface area contributed by atoms with Crippen LogP contribution in [0.5, 0.6) is 5.75 Å². The van der Waals surface area contributed by atoms with E-state index in [1.54, 1.807) is 60.7 Å². The molecule has 0 saturated heterocycles. The molecular weight excluding hydrogens is 412 g/mol. The van der Waals surface area contributed by atoms with Gasteiger partial charge in [-0.25, -0.2) is 8.42 Å². The molecule has 0 spiro atoms. The molecule has 0 aromatic heterocycles. The second kappa shape index (κ2) is 8.98. The summed E-state index contributed by atoms with van der Waals surface area (Å²) in [6, 6.07) is 21.1. The predicted molar refractivity (Wildman–Crippen MR) is 114 cm³/mol. The van der Waals surface area contributed by atoms with Crippen molar-refractivity contribution in [1.29, 1.82) is 0 Å². The average Bonchev–Trinajstić information content (AvgIpc) is 2.72. The molecule has 0 radical (unpaired) electrons. The molecule has 0 saturated carbocycles. The zero-order valence-electron chi connectivity index (χ0n) is 15.6. The fourth-order valence-electron chi connectivity index (χ4n) is 2.70. The molecule has 0 heterocycles. The van der Waals surface area contributed by atoms with Crippen molar-refractivity contribution >= 4 is 38.9 Å². The Hall–Kier alpha value is -3.03. The highest BCUT2D eigenvalue weighted by atomic mass is 35.5. The van der Waals surface area contributed by atoms with Crippen molar-refractivity contribution in [2.45, 2.75) is 4.90 Å². The van der Waals surface area contributed by atoms with E-state index in [0.29, 0.717) is 22.1 Å². The molecule has 0 aliphatic rings. The Morgan fingerprint density at radius 3 is 2.41 bits per heavy atom. The first-order valence-corrected chi connectivity index (χ1v) is 10.5. The Morgan fingerprint density at radius 1 is 1.00 bits per heavy atom. The highest BCUT2D eigenvalue weighted by Gasteiger charge is 2.27. The topological polar surface area (TPSA) is 75.7 Å². The number of sulfonamides is 1. The van der Waals surface area contributed by atoms with E-state index in [1.165, 1.54) is 25.3 Å². The Labute approximate surface area is 174 Å². The molecule has 0 unspecified atom stereocenters. The smallest absolute Gasteiger partial charge is 0.264 e. The van der Waals surface area contributed by atoms with Crippen LogP contribution in [0.4, 0.5) is 11.4 Å². The molecule has 1 amide bonds. The van der Waals surface area contributed by atoms with Gasteiger partial charge < -0.3 is 10.1 Å². The van der Waals surface area contributed by atoms with Crippen molar-refractivity contribution in [3.63, 3.8) is 0 Å². The number of halogens is 1. The summed E-state index contributed by atoms with van der Waals surface area (Å²) in [4.78, 5) is 12.7. The van der Waals surface area contributed by atoms with Gasteiger partial charge in [-0.05, 0) is 42.5 Å². The number of nitrogens with zero attached hydrogens (tertiary/aromatic N) is 1. The van der Waals surface area contributed by atoms with Crippen molar-refractivity contribution in [1.82, 2.24) is 0 Å². The summed E-state index contributed by atoms with van der Waals surface area (Å²) in [5.74, 6) is 0.0733. The van der Waals surface area contributed by atoms with Crippen LogP contribution in [0.25, 0.3) is 0 Å². The predicted octanol–water partition coefficient (Wildman–Crippen LogP) is 4.18. The minimum Gasteiger partial charge on any atom is -0.497 e. The molecule has 0 fully saturated rings. The zero-order chi connectivity index (χ0) is 20.9. The number of benzene rings is 3. The molecule has 1 N–H and O–H groups in total. The first-order chi connectivity index (χ1) is 13.9. The Balaban J connectivity index is 1.92. The SMILES string of the molecule is COc1cccc(NC(=O)CN(c2cccc(Cl)c2)S(=O)(=O)c2ccccc2)c1. The number of carbonyl (C=O) groups is 1. The number of methoxy groups -OCH3 is 1. The number of carbonyl (C=O) groups excluding carboxylic acids is 1. The molecular formula is C21H19ClN2O4S. The lowest BCUT2D eigenvalue weighted by Crippen LogP contribution is -2.38. The average molecular weight is 431 g/mol. The Bertz CT molecular complexity index is 1100. The highest BCUT2D eigenvalue weighted by Crippen LogP contribution is 2.26. The van der Waals surface area contributed by atoms with Gasteiger partial charge >= 0.3 is 0 Å². The summed E-state index contributed by atoms with van der Waals surface area (Å²) in [5.41, 5.74) is 0.791. The molecule has 0 aliphatic heterocycles. The molecule has 150 valence electrons. The van der Waals surface area contributed by atoms with E-state index in [4.69, 9.17) is 16.3 Å². The van der Waals surface area contributed by atoms with Crippen LogP contribution in [0.15, 0.2) is 83.8 Å².